The second-order valence-corrected chi connectivity index (χ2v) is 6.11. The van der Waals surface area contributed by atoms with Crippen molar-refractivity contribution < 1.29 is 9.53 Å². The lowest BCUT2D eigenvalue weighted by atomic mass is 10.1. The van der Waals surface area contributed by atoms with Crippen molar-refractivity contribution in [1.29, 1.82) is 0 Å². The molecule has 0 saturated carbocycles. The maximum absolute atomic E-state index is 12.4. The Bertz CT molecular complexity index is 687. The van der Waals surface area contributed by atoms with Gasteiger partial charge in [0.25, 0.3) is 0 Å². The SMILES string of the molecule is COCCn1cnnc1CN(C)C(=O)N[C@@H](C)Cc1ncccc1C. The number of aromatic nitrogens is 4. The van der Waals surface area contributed by atoms with E-state index < -0.39 is 0 Å². The molecule has 0 aliphatic carbocycles. The first-order chi connectivity index (χ1) is 12.0. The molecule has 2 aromatic heterocycles. The number of hydrogen-bond donors (Lipinski definition) is 1. The van der Waals surface area contributed by atoms with Crippen LogP contribution in [0.25, 0.3) is 0 Å². The third-order valence-corrected chi connectivity index (χ3v) is 3.94. The van der Waals surface area contributed by atoms with Crippen LogP contribution < -0.4 is 5.32 Å². The minimum atomic E-state index is -0.151. The van der Waals surface area contributed by atoms with Crippen LogP contribution in [0.2, 0.25) is 0 Å². The smallest absolute Gasteiger partial charge is 0.317 e. The third kappa shape index (κ3) is 5.53. The van der Waals surface area contributed by atoms with Crippen molar-refractivity contribution in [3.63, 3.8) is 0 Å². The van der Waals surface area contributed by atoms with Crippen molar-refractivity contribution in [3.05, 3.63) is 41.7 Å². The number of carbonyl (C=O) groups is 1. The molecule has 8 nitrogen and oxygen atoms in total. The molecule has 2 aromatic rings. The molecule has 2 rings (SSSR count). The van der Waals surface area contributed by atoms with Gasteiger partial charge in [-0.3, -0.25) is 4.98 Å². The summed E-state index contributed by atoms with van der Waals surface area (Å²) in [4.78, 5) is 18.4. The summed E-state index contributed by atoms with van der Waals surface area (Å²) in [7, 11) is 3.39. The van der Waals surface area contributed by atoms with Crippen LogP contribution in [0.4, 0.5) is 4.79 Å². The number of nitrogens with one attached hydrogen (secondary N) is 1. The van der Waals surface area contributed by atoms with E-state index in [-0.39, 0.29) is 12.1 Å². The zero-order valence-corrected chi connectivity index (χ0v) is 15.3. The standard InChI is InChI=1S/C17H26N6O2/c1-13-6-5-7-18-15(13)10-14(2)20-17(24)22(3)11-16-21-19-12-23(16)8-9-25-4/h5-7,12,14H,8-11H2,1-4H3,(H,20,24)/t14-/m0/s1. The van der Waals surface area contributed by atoms with E-state index in [1.807, 2.05) is 30.5 Å². The average molecular weight is 346 g/mol. The number of pyridine rings is 1. The first kappa shape index (κ1) is 18.9. The fraction of sp³-hybridized carbons (Fsp3) is 0.529. The van der Waals surface area contributed by atoms with Crippen LogP contribution in [0.15, 0.2) is 24.7 Å². The van der Waals surface area contributed by atoms with Gasteiger partial charge in [-0.1, -0.05) is 6.07 Å². The third-order valence-electron chi connectivity index (χ3n) is 3.94. The van der Waals surface area contributed by atoms with Crippen LogP contribution in [0.3, 0.4) is 0 Å². The topological polar surface area (TPSA) is 85.2 Å². The number of ether oxygens (including phenoxy) is 1. The molecule has 2 heterocycles. The van der Waals surface area contributed by atoms with E-state index in [0.717, 1.165) is 17.1 Å². The van der Waals surface area contributed by atoms with Crippen LogP contribution >= 0.6 is 0 Å². The largest absolute Gasteiger partial charge is 0.383 e. The summed E-state index contributed by atoms with van der Waals surface area (Å²) in [5.41, 5.74) is 2.13. The number of aryl methyl sites for hydroxylation is 1. The van der Waals surface area contributed by atoms with Gasteiger partial charge < -0.3 is 19.5 Å². The van der Waals surface area contributed by atoms with Crippen molar-refractivity contribution in [1.82, 2.24) is 30.0 Å². The van der Waals surface area contributed by atoms with Crippen LogP contribution in [0.5, 0.6) is 0 Å². The van der Waals surface area contributed by atoms with E-state index in [0.29, 0.717) is 26.1 Å². The molecular weight excluding hydrogens is 320 g/mol. The van der Waals surface area contributed by atoms with Crippen LogP contribution in [0.1, 0.15) is 24.0 Å². The van der Waals surface area contributed by atoms with Gasteiger partial charge in [-0.15, -0.1) is 10.2 Å². The number of urea groups is 1. The van der Waals surface area contributed by atoms with Gasteiger partial charge in [0, 0.05) is 45.1 Å². The van der Waals surface area contributed by atoms with Gasteiger partial charge >= 0.3 is 6.03 Å². The van der Waals surface area contributed by atoms with Crippen LogP contribution in [-0.4, -0.2) is 57.5 Å². The molecule has 0 aromatic carbocycles. The molecule has 1 atom stereocenters. The Morgan fingerprint density at radius 1 is 1.48 bits per heavy atom. The molecular formula is C17H26N6O2. The summed E-state index contributed by atoms with van der Waals surface area (Å²) in [5, 5.41) is 11.0. The van der Waals surface area contributed by atoms with Crippen molar-refractivity contribution in [3.8, 4) is 0 Å². The van der Waals surface area contributed by atoms with Crippen molar-refractivity contribution in [2.75, 3.05) is 20.8 Å². The van der Waals surface area contributed by atoms with E-state index in [1.165, 1.54) is 0 Å². The highest BCUT2D eigenvalue weighted by molar-refractivity contribution is 5.74. The summed E-state index contributed by atoms with van der Waals surface area (Å²) < 4.78 is 6.95. The summed E-state index contributed by atoms with van der Waals surface area (Å²) in [5.74, 6) is 0.725. The molecule has 25 heavy (non-hydrogen) atoms. The highest BCUT2D eigenvalue weighted by Crippen LogP contribution is 2.07. The minimum Gasteiger partial charge on any atom is -0.383 e. The molecule has 0 bridgehead atoms. The number of rotatable bonds is 8. The zero-order valence-electron chi connectivity index (χ0n) is 15.3. The molecule has 2 amide bonds. The number of hydrogen-bond acceptors (Lipinski definition) is 5. The Hall–Kier alpha value is -2.48. The first-order valence-corrected chi connectivity index (χ1v) is 8.29. The molecule has 0 spiro atoms. The summed E-state index contributed by atoms with van der Waals surface area (Å²) >= 11 is 0. The highest BCUT2D eigenvalue weighted by atomic mass is 16.5. The zero-order chi connectivity index (χ0) is 18.2. The summed E-state index contributed by atoms with van der Waals surface area (Å²) in [6.45, 7) is 5.60. The van der Waals surface area contributed by atoms with Crippen LogP contribution in [-0.2, 0) is 24.2 Å². The lowest BCUT2D eigenvalue weighted by molar-refractivity contribution is 0.183. The maximum Gasteiger partial charge on any atom is 0.317 e. The molecule has 0 aliphatic heterocycles. The molecule has 0 saturated heterocycles. The predicted molar refractivity (Wildman–Crippen MR) is 94.0 cm³/mol. The van der Waals surface area contributed by atoms with E-state index in [9.17, 15) is 4.79 Å². The van der Waals surface area contributed by atoms with E-state index in [1.54, 1.807) is 31.6 Å². The number of carbonyl (C=O) groups excluding carboxylic acids is 1. The fourth-order valence-corrected chi connectivity index (χ4v) is 2.46. The number of amides is 2. The average Bonchev–Trinajstić information content (AvgIpc) is 3.02. The van der Waals surface area contributed by atoms with Gasteiger partial charge in [-0.25, -0.2) is 4.79 Å². The molecule has 0 unspecified atom stereocenters. The lowest BCUT2D eigenvalue weighted by Crippen LogP contribution is -2.43. The Labute approximate surface area is 148 Å². The first-order valence-electron chi connectivity index (χ1n) is 8.29. The van der Waals surface area contributed by atoms with Gasteiger partial charge in [-0.05, 0) is 25.5 Å². The molecule has 8 heteroatoms. The van der Waals surface area contributed by atoms with Gasteiger partial charge in [0.05, 0.1) is 13.2 Å². The van der Waals surface area contributed by atoms with Crippen molar-refractivity contribution in [2.24, 2.45) is 0 Å². The Morgan fingerprint density at radius 2 is 2.28 bits per heavy atom. The van der Waals surface area contributed by atoms with Crippen LogP contribution in [0, 0.1) is 6.92 Å². The maximum atomic E-state index is 12.4. The molecule has 0 aliphatic rings. The fourth-order valence-electron chi connectivity index (χ4n) is 2.46. The predicted octanol–water partition coefficient (Wildman–Crippen LogP) is 1.40. The van der Waals surface area contributed by atoms with E-state index in [2.05, 4.69) is 20.5 Å². The Kier molecular flexibility index (Phi) is 6.88. The summed E-state index contributed by atoms with van der Waals surface area (Å²) in [6.07, 6.45) is 4.11. The van der Waals surface area contributed by atoms with Gasteiger partial charge in [0.2, 0.25) is 0 Å². The molecule has 1 N–H and O–H groups in total. The Morgan fingerprint density at radius 3 is 3.00 bits per heavy atom. The van der Waals surface area contributed by atoms with Crippen molar-refractivity contribution in [2.45, 2.75) is 39.4 Å². The molecule has 136 valence electrons. The van der Waals surface area contributed by atoms with E-state index >= 15 is 0 Å². The second kappa shape index (κ2) is 9.12. The van der Waals surface area contributed by atoms with Gasteiger partial charge in [-0.2, -0.15) is 0 Å². The van der Waals surface area contributed by atoms with E-state index in [4.69, 9.17) is 4.74 Å². The lowest BCUT2D eigenvalue weighted by Gasteiger charge is -2.21. The van der Waals surface area contributed by atoms with Gasteiger partial charge in [0.15, 0.2) is 5.82 Å². The number of methoxy groups -OCH3 is 1. The van der Waals surface area contributed by atoms with Crippen molar-refractivity contribution >= 4 is 6.03 Å². The monoisotopic (exact) mass is 346 g/mol. The Balaban J connectivity index is 1.87. The minimum absolute atomic E-state index is 0.0186. The molecule has 0 radical (unpaired) electrons. The number of nitrogens with zero attached hydrogens (tertiary/aromatic N) is 5. The highest BCUT2D eigenvalue weighted by Gasteiger charge is 2.16. The summed E-state index contributed by atoms with van der Waals surface area (Å²) in [6, 6.07) is 3.77. The van der Waals surface area contributed by atoms with Gasteiger partial charge in [0.1, 0.15) is 6.33 Å². The normalized spacial score (nSPS) is 12.0. The second-order valence-electron chi connectivity index (χ2n) is 6.11. The quantitative estimate of drug-likeness (QED) is 0.781. The molecule has 0 fully saturated rings.